The van der Waals surface area contributed by atoms with Crippen LogP contribution in [-0.4, -0.2) is 21.9 Å². The molecule has 0 unspecified atom stereocenters. The van der Waals surface area contributed by atoms with Crippen LogP contribution in [0, 0.1) is 10.1 Å². The molecule has 0 aliphatic carbocycles. The predicted molar refractivity (Wildman–Crippen MR) is 110 cm³/mol. The minimum atomic E-state index is -0.711. The molecular formula is C19H14N4O5S. The van der Waals surface area contributed by atoms with Crippen LogP contribution < -0.4 is 16.0 Å². The number of furan rings is 1. The molecule has 0 aliphatic rings. The SMILES string of the molecule is O=C(Nc1cccc(NC(=S)NC(=O)c2ccccc2[N+](=O)[O-])c1)c1ccco1. The van der Waals surface area contributed by atoms with E-state index in [0.29, 0.717) is 11.4 Å². The molecule has 0 aliphatic heterocycles. The maximum atomic E-state index is 12.3. The Morgan fingerprint density at radius 1 is 0.931 bits per heavy atom. The lowest BCUT2D eigenvalue weighted by molar-refractivity contribution is -0.385. The van der Waals surface area contributed by atoms with E-state index in [-0.39, 0.29) is 22.1 Å². The van der Waals surface area contributed by atoms with Crippen LogP contribution in [0.5, 0.6) is 0 Å². The van der Waals surface area contributed by atoms with Crippen LogP contribution >= 0.6 is 12.2 Å². The number of nitro benzene ring substituents is 1. The molecule has 0 saturated carbocycles. The molecule has 0 radical (unpaired) electrons. The number of nitrogens with one attached hydrogen (secondary N) is 3. The van der Waals surface area contributed by atoms with Crippen molar-refractivity contribution in [3.63, 3.8) is 0 Å². The number of hydrogen-bond acceptors (Lipinski definition) is 6. The first-order valence-electron chi connectivity index (χ1n) is 8.25. The van der Waals surface area contributed by atoms with E-state index in [2.05, 4.69) is 16.0 Å². The van der Waals surface area contributed by atoms with Crippen molar-refractivity contribution in [3.8, 4) is 0 Å². The van der Waals surface area contributed by atoms with Gasteiger partial charge in [-0.25, -0.2) is 0 Å². The van der Waals surface area contributed by atoms with Crippen LogP contribution in [0.15, 0.2) is 71.3 Å². The average molecular weight is 410 g/mol. The molecule has 1 heterocycles. The second-order valence-corrected chi connectivity index (χ2v) is 6.10. The standard InChI is InChI=1S/C19H14N4O5S/c24-17(14-7-1-2-8-15(14)23(26)27)22-19(29)21-13-6-3-5-12(11-13)20-18(25)16-9-4-10-28-16/h1-11H,(H,20,25)(H2,21,22,24,29). The summed E-state index contributed by atoms with van der Waals surface area (Å²) in [7, 11) is 0. The molecule has 0 atom stereocenters. The first kappa shape index (κ1) is 19.7. The molecular weight excluding hydrogens is 396 g/mol. The smallest absolute Gasteiger partial charge is 0.291 e. The van der Waals surface area contributed by atoms with Gasteiger partial charge in [0.25, 0.3) is 17.5 Å². The quantitative estimate of drug-likeness (QED) is 0.333. The van der Waals surface area contributed by atoms with Gasteiger partial charge in [0.1, 0.15) is 5.56 Å². The fourth-order valence-electron chi connectivity index (χ4n) is 2.43. The number of nitro groups is 1. The molecule has 146 valence electrons. The Balaban J connectivity index is 1.64. The highest BCUT2D eigenvalue weighted by molar-refractivity contribution is 7.80. The van der Waals surface area contributed by atoms with Crippen molar-refractivity contribution in [3.05, 3.63) is 88.4 Å². The van der Waals surface area contributed by atoms with Crippen molar-refractivity contribution in [2.75, 3.05) is 10.6 Å². The number of amides is 2. The summed E-state index contributed by atoms with van der Waals surface area (Å²) in [5.74, 6) is -0.966. The molecule has 0 saturated heterocycles. The third kappa shape index (κ3) is 5.02. The zero-order chi connectivity index (χ0) is 20.8. The topological polar surface area (TPSA) is 127 Å². The zero-order valence-corrected chi connectivity index (χ0v) is 15.6. The van der Waals surface area contributed by atoms with E-state index in [1.807, 2.05) is 0 Å². The molecule has 9 nitrogen and oxygen atoms in total. The molecule has 29 heavy (non-hydrogen) atoms. The summed E-state index contributed by atoms with van der Waals surface area (Å²) < 4.78 is 5.03. The molecule has 3 rings (SSSR count). The number of para-hydroxylation sites is 1. The van der Waals surface area contributed by atoms with Crippen molar-refractivity contribution >= 4 is 46.2 Å². The Morgan fingerprint density at radius 2 is 1.66 bits per heavy atom. The second kappa shape index (κ2) is 8.76. The second-order valence-electron chi connectivity index (χ2n) is 5.69. The Labute approximate surface area is 169 Å². The highest BCUT2D eigenvalue weighted by atomic mass is 32.1. The van der Waals surface area contributed by atoms with Gasteiger partial charge in [0.05, 0.1) is 11.2 Å². The lowest BCUT2D eigenvalue weighted by Gasteiger charge is -2.11. The number of carbonyl (C=O) groups excluding carboxylic acids is 2. The molecule has 1 aromatic heterocycles. The van der Waals surface area contributed by atoms with Crippen LogP contribution in [0.4, 0.5) is 17.1 Å². The maximum Gasteiger partial charge on any atom is 0.291 e. The number of rotatable bonds is 5. The molecule has 2 aromatic carbocycles. The van der Waals surface area contributed by atoms with Gasteiger partial charge in [0.2, 0.25) is 0 Å². The highest BCUT2D eigenvalue weighted by Crippen LogP contribution is 2.18. The van der Waals surface area contributed by atoms with Gasteiger partial charge in [-0.15, -0.1) is 0 Å². The third-order valence-corrected chi connectivity index (χ3v) is 3.90. The minimum absolute atomic E-state index is 0.0531. The molecule has 3 N–H and O–H groups in total. The van der Waals surface area contributed by atoms with E-state index in [1.54, 1.807) is 30.3 Å². The van der Waals surface area contributed by atoms with Crippen LogP contribution in [0.1, 0.15) is 20.9 Å². The lowest BCUT2D eigenvalue weighted by Crippen LogP contribution is -2.34. The van der Waals surface area contributed by atoms with Gasteiger partial charge in [-0.1, -0.05) is 18.2 Å². The first-order valence-corrected chi connectivity index (χ1v) is 8.65. The molecule has 2 amide bonds. The van der Waals surface area contributed by atoms with E-state index in [0.717, 1.165) is 0 Å². The Kier molecular flexibility index (Phi) is 5.95. The van der Waals surface area contributed by atoms with E-state index >= 15 is 0 Å². The van der Waals surface area contributed by atoms with Crippen LogP contribution in [0.3, 0.4) is 0 Å². The van der Waals surface area contributed by atoms with Crippen LogP contribution in [0.2, 0.25) is 0 Å². The van der Waals surface area contributed by atoms with Crippen molar-refractivity contribution in [1.82, 2.24) is 5.32 Å². The normalized spacial score (nSPS) is 10.1. The summed E-state index contributed by atoms with van der Waals surface area (Å²) in [5, 5.41) is 18.9. The van der Waals surface area contributed by atoms with E-state index in [4.69, 9.17) is 16.6 Å². The Hall–Kier alpha value is -4.05. The summed E-state index contributed by atoms with van der Waals surface area (Å²) in [6.45, 7) is 0. The van der Waals surface area contributed by atoms with Gasteiger partial charge in [-0.05, 0) is 48.6 Å². The number of anilines is 2. The predicted octanol–water partition coefficient (Wildman–Crippen LogP) is 3.57. The molecule has 0 spiro atoms. The highest BCUT2D eigenvalue weighted by Gasteiger charge is 2.20. The van der Waals surface area contributed by atoms with Crippen molar-refractivity contribution in [2.24, 2.45) is 0 Å². The minimum Gasteiger partial charge on any atom is -0.459 e. The number of thiocarbonyl (C=S) groups is 1. The van der Waals surface area contributed by atoms with Crippen LogP contribution in [0.25, 0.3) is 0 Å². The first-order chi connectivity index (χ1) is 13.9. The summed E-state index contributed by atoms with van der Waals surface area (Å²) >= 11 is 5.10. The van der Waals surface area contributed by atoms with Gasteiger partial charge in [-0.2, -0.15) is 0 Å². The lowest BCUT2D eigenvalue weighted by atomic mass is 10.1. The van der Waals surface area contributed by atoms with Crippen molar-refractivity contribution in [2.45, 2.75) is 0 Å². The van der Waals surface area contributed by atoms with Gasteiger partial charge >= 0.3 is 0 Å². The maximum absolute atomic E-state index is 12.3. The number of nitrogens with zero attached hydrogens (tertiary/aromatic N) is 1. The van der Waals surface area contributed by atoms with Crippen molar-refractivity contribution < 1.29 is 18.9 Å². The van der Waals surface area contributed by atoms with Gasteiger partial charge < -0.3 is 15.1 Å². The van der Waals surface area contributed by atoms with Crippen LogP contribution in [-0.2, 0) is 0 Å². The number of hydrogen-bond donors (Lipinski definition) is 3. The fraction of sp³-hybridized carbons (Fsp3) is 0. The summed E-state index contributed by atoms with van der Waals surface area (Å²) in [6, 6.07) is 15.3. The fourth-order valence-corrected chi connectivity index (χ4v) is 2.64. The number of carbonyl (C=O) groups is 2. The van der Waals surface area contributed by atoms with Gasteiger partial charge in [0.15, 0.2) is 10.9 Å². The van der Waals surface area contributed by atoms with E-state index in [1.165, 1.54) is 36.6 Å². The van der Waals surface area contributed by atoms with E-state index in [9.17, 15) is 19.7 Å². The van der Waals surface area contributed by atoms with Gasteiger partial charge in [0, 0.05) is 17.4 Å². The van der Waals surface area contributed by atoms with Gasteiger partial charge in [-0.3, -0.25) is 25.0 Å². The number of benzene rings is 2. The van der Waals surface area contributed by atoms with Crippen molar-refractivity contribution in [1.29, 1.82) is 0 Å². The Morgan fingerprint density at radius 3 is 2.34 bits per heavy atom. The summed E-state index contributed by atoms with van der Waals surface area (Å²) in [5.41, 5.74) is 0.538. The third-order valence-electron chi connectivity index (χ3n) is 3.70. The van der Waals surface area contributed by atoms with E-state index < -0.39 is 16.7 Å². The average Bonchev–Trinajstić information content (AvgIpc) is 3.23. The zero-order valence-electron chi connectivity index (χ0n) is 14.7. The largest absolute Gasteiger partial charge is 0.459 e. The summed E-state index contributed by atoms with van der Waals surface area (Å²) in [4.78, 5) is 34.7. The summed E-state index contributed by atoms with van der Waals surface area (Å²) in [6.07, 6.45) is 1.39. The molecule has 0 fully saturated rings. The monoisotopic (exact) mass is 410 g/mol. The molecule has 10 heteroatoms. The molecule has 0 bridgehead atoms. The Bertz CT molecular complexity index is 1080. The molecule has 3 aromatic rings.